The molecule has 6 nitrogen and oxygen atoms in total. The number of ether oxygens (including phenoxy) is 1. The van der Waals surface area contributed by atoms with Gasteiger partial charge < -0.3 is 20.4 Å². The highest BCUT2D eigenvalue weighted by Gasteiger charge is 2.32. The van der Waals surface area contributed by atoms with E-state index in [-0.39, 0.29) is 6.03 Å². The molecule has 3 N–H and O–H groups in total. The molecule has 3 atom stereocenters. The van der Waals surface area contributed by atoms with Crippen molar-refractivity contribution in [1.82, 2.24) is 20.6 Å². The first-order chi connectivity index (χ1) is 14.4. The van der Waals surface area contributed by atoms with Crippen LogP contribution in [0.5, 0.6) is 5.75 Å². The largest absolute Gasteiger partial charge is 0.497 e. The maximum Gasteiger partial charge on any atom is 0.314 e. The minimum atomic E-state index is -0.0646. The molecule has 0 aliphatic heterocycles. The smallest absolute Gasteiger partial charge is 0.314 e. The Hall–Kier alpha value is -2.50. The molecule has 2 aromatic rings. The third kappa shape index (κ3) is 5.35. The number of methoxy groups -OCH3 is 1. The van der Waals surface area contributed by atoms with Crippen molar-refractivity contribution in [3.63, 3.8) is 0 Å². The molecule has 164 valence electrons. The summed E-state index contributed by atoms with van der Waals surface area (Å²) in [5, 5.41) is 5.96. The van der Waals surface area contributed by atoms with Gasteiger partial charge in [-0.25, -0.2) is 9.78 Å². The fourth-order valence-electron chi connectivity index (χ4n) is 4.52. The number of carbonyl (C=O) groups is 1. The van der Waals surface area contributed by atoms with Crippen LogP contribution in [0.4, 0.5) is 4.79 Å². The maximum absolute atomic E-state index is 12.0. The summed E-state index contributed by atoms with van der Waals surface area (Å²) in [6.07, 6.45) is 5.34. The van der Waals surface area contributed by atoms with E-state index in [0.29, 0.717) is 36.8 Å². The summed E-state index contributed by atoms with van der Waals surface area (Å²) in [6, 6.07) is 5.88. The van der Waals surface area contributed by atoms with Gasteiger partial charge in [-0.2, -0.15) is 0 Å². The predicted molar refractivity (Wildman–Crippen MR) is 122 cm³/mol. The van der Waals surface area contributed by atoms with Crippen LogP contribution in [0.15, 0.2) is 29.8 Å². The summed E-state index contributed by atoms with van der Waals surface area (Å²) < 4.78 is 5.32. The molecule has 1 aromatic carbocycles. The summed E-state index contributed by atoms with van der Waals surface area (Å²) in [6.45, 7) is 10.2. The van der Waals surface area contributed by atoms with E-state index in [1.807, 2.05) is 18.2 Å². The number of carbonyl (C=O) groups excluding carboxylic acids is 1. The van der Waals surface area contributed by atoms with Crippen molar-refractivity contribution in [3.8, 4) is 5.75 Å². The Morgan fingerprint density at radius 3 is 2.83 bits per heavy atom. The predicted octanol–water partition coefficient (Wildman–Crippen LogP) is 4.68. The minimum absolute atomic E-state index is 0.0646. The fraction of sp³-hybridized carbons (Fsp3) is 0.583. The van der Waals surface area contributed by atoms with E-state index in [0.717, 1.165) is 41.9 Å². The molecule has 3 rings (SSSR count). The zero-order valence-electron chi connectivity index (χ0n) is 18.9. The van der Waals surface area contributed by atoms with Crippen molar-refractivity contribution < 1.29 is 9.53 Å². The van der Waals surface area contributed by atoms with E-state index in [1.165, 1.54) is 5.57 Å². The second-order valence-corrected chi connectivity index (χ2v) is 8.82. The molecule has 0 fully saturated rings. The number of H-pyrrole nitrogens is 1. The Bertz CT molecular complexity index is 886. The van der Waals surface area contributed by atoms with Crippen LogP contribution in [0.1, 0.15) is 46.4 Å². The normalized spacial score (nSPS) is 21.5. The lowest BCUT2D eigenvalue weighted by Gasteiger charge is -2.37. The molecule has 0 spiro atoms. The van der Waals surface area contributed by atoms with Gasteiger partial charge in [0.05, 0.1) is 18.1 Å². The van der Waals surface area contributed by atoms with Crippen LogP contribution < -0.4 is 15.4 Å². The summed E-state index contributed by atoms with van der Waals surface area (Å²) in [5.41, 5.74) is 3.39. The minimum Gasteiger partial charge on any atom is -0.497 e. The summed E-state index contributed by atoms with van der Waals surface area (Å²) in [5.74, 6) is 3.79. The Balaban J connectivity index is 1.70. The zero-order chi connectivity index (χ0) is 21.7. The van der Waals surface area contributed by atoms with Crippen LogP contribution in [-0.4, -0.2) is 36.2 Å². The van der Waals surface area contributed by atoms with Crippen molar-refractivity contribution in [1.29, 1.82) is 0 Å². The lowest BCUT2D eigenvalue weighted by atomic mass is 9.70. The number of allylic oxidation sites excluding steroid dienone is 1. The van der Waals surface area contributed by atoms with Crippen LogP contribution in [0.25, 0.3) is 11.0 Å². The molecule has 1 aromatic heterocycles. The average molecular weight is 413 g/mol. The summed E-state index contributed by atoms with van der Waals surface area (Å²) >= 11 is 0. The lowest BCUT2D eigenvalue weighted by Crippen LogP contribution is -2.41. The van der Waals surface area contributed by atoms with Gasteiger partial charge in [0.15, 0.2) is 0 Å². The second-order valence-electron chi connectivity index (χ2n) is 8.82. The highest BCUT2D eigenvalue weighted by Crippen LogP contribution is 2.38. The number of nitrogens with one attached hydrogen (secondary N) is 3. The Kier molecular flexibility index (Phi) is 7.40. The van der Waals surface area contributed by atoms with E-state index < -0.39 is 0 Å². The topological polar surface area (TPSA) is 79.0 Å². The van der Waals surface area contributed by atoms with E-state index >= 15 is 0 Å². The number of amides is 2. The van der Waals surface area contributed by atoms with Crippen LogP contribution in [0.2, 0.25) is 0 Å². The van der Waals surface area contributed by atoms with Gasteiger partial charge in [-0.3, -0.25) is 0 Å². The molecule has 0 saturated heterocycles. The van der Waals surface area contributed by atoms with Gasteiger partial charge in [0.2, 0.25) is 0 Å². The average Bonchev–Trinajstić information content (AvgIpc) is 3.13. The molecule has 0 unspecified atom stereocenters. The number of imidazole rings is 1. The van der Waals surface area contributed by atoms with Crippen LogP contribution in [0.3, 0.4) is 0 Å². The van der Waals surface area contributed by atoms with Crippen molar-refractivity contribution in [2.45, 2.75) is 47.0 Å². The molecule has 0 saturated carbocycles. The molecule has 1 aliphatic carbocycles. The molecule has 6 heteroatoms. The third-order valence-corrected chi connectivity index (χ3v) is 6.30. The monoisotopic (exact) mass is 412 g/mol. The number of urea groups is 1. The highest BCUT2D eigenvalue weighted by atomic mass is 16.5. The van der Waals surface area contributed by atoms with E-state index in [9.17, 15) is 4.79 Å². The van der Waals surface area contributed by atoms with Crippen LogP contribution >= 0.6 is 0 Å². The molecule has 1 heterocycles. The van der Waals surface area contributed by atoms with E-state index in [2.05, 4.69) is 49.4 Å². The maximum atomic E-state index is 12.0. The van der Waals surface area contributed by atoms with Crippen LogP contribution in [0, 0.1) is 23.7 Å². The number of hydrogen-bond donors (Lipinski definition) is 3. The zero-order valence-corrected chi connectivity index (χ0v) is 18.9. The standard InChI is InChI=1S/C24H36N4O2/c1-6-9-25-24(29)26-14-18-10-16(4)17(11-20(18)15(2)3)12-23-27-21-8-7-19(30-5)13-22(21)28-23/h7-8,10,13,15,17-18,20H,6,9,11-12,14H2,1-5H3,(H,27,28)(H2,25,26,29)/t17-,18-,20-/m0/s1. The van der Waals surface area contributed by atoms with Gasteiger partial charge in [-0.05, 0) is 55.6 Å². The SMILES string of the molecule is CCCNC(=O)NC[C@@H]1C=C(C)[C@H](Cc2nc3ccc(OC)cc3[nH]2)C[C@H]1C(C)C. The molecule has 1 aliphatic rings. The number of aromatic amines is 1. The van der Waals surface area contributed by atoms with Gasteiger partial charge in [0.1, 0.15) is 11.6 Å². The first-order valence-electron chi connectivity index (χ1n) is 11.1. The molecular weight excluding hydrogens is 376 g/mol. The van der Waals surface area contributed by atoms with Crippen molar-refractivity contribution in [2.24, 2.45) is 23.7 Å². The van der Waals surface area contributed by atoms with Gasteiger partial charge in [-0.15, -0.1) is 0 Å². The number of rotatable bonds is 8. The second kappa shape index (κ2) is 10.0. The van der Waals surface area contributed by atoms with E-state index in [1.54, 1.807) is 7.11 Å². The fourth-order valence-corrected chi connectivity index (χ4v) is 4.52. The van der Waals surface area contributed by atoms with Gasteiger partial charge in [-0.1, -0.05) is 32.4 Å². The first kappa shape index (κ1) is 22.2. The molecule has 0 bridgehead atoms. The number of hydrogen-bond acceptors (Lipinski definition) is 3. The molecule has 0 radical (unpaired) electrons. The Morgan fingerprint density at radius 2 is 2.13 bits per heavy atom. The van der Waals surface area contributed by atoms with Gasteiger partial charge in [0.25, 0.3) is 0 Å². The van der Waals surface area contributed by atoms with Gasteiger partial charge in [0, 0.05) is 25.6 Å². The third-order valence-electron chi connectivity index (χ3n) is 6.30. The lowest BCUT2D eigenvalue weighted by molar-refractivity contribution is 0.213. The number of aromatic nitrogens is 2. The first-order valence-corrected chi connectivity index (χ1v) is 11.1. The Morgan fingerprint density at radius 1 is 1.33 bits per heavy atom. The number of benzene rings is 1. The van der Waals surface area contributed by atoms with Crippen molar-refractivity contribution in [3.05, 3.63) is 35.7 Å². The Labute approximate surface area is 179 Å². The molecular formula is C24H36N4O2. The number of fused-ring (bicyclic) bond motifs is 1. The quantitative estimate of drug-likeness (QED) is 0.551. The summed E-state index contributed by atoms with van der Waals surface area (Å²) in [4.78, 5) is 20.2. The number of nitrogens with zero attached hydrogens (tertiary/aromatic N) is 1. The van der Waals surface area contributed by atoms with E-state index in [4.69, 9.17) is 9.72 Å². The van der Waals surface area contributed by atoms with Crippen molar-refractivity contribution >= 4 is 17.1 Å². The van der Waals surface area contributed by atoms with Crippen LogP contribution in [-0.2, 0) is 6.42 Å². The summed E-state index contributed by atoms with van der Waals surface area (Å²) in [7, 11) is 1.68. The van der Waals surface area contributed by atoms with Gasteiger partial charge >= 0.3 is 6.03 Å². The molecule has 30 heavy (non-hydrogen) atoms. The molecule has 2 amide bonds. The highest BCUT2D eigenvalue weighted by molar-refractivity contribution is 5.76. The van der Waals surface area contributed by atoms with Crippen molar-refractivity contribution in [2.75, 3.05) is 20.2 Å².